The van der Waals surface area contributed by atoms with Gasteiger partial charge in [-0.3, -0.25) is 4.79 Å². The summed E-state index contributed by atoms with van der Waals surface area (Å²) in [6.07, 6.45) is 10.0. The molecule has 0 spiro atoms. The van der Waals surface area contributed by atoms with E-state index >= 15 is 0 Å². The first kappa shape index (κ1) is 18.7. The molecule has 0 aromatic carbocycles. The van der Waals surface area contributed by atoms with Crippen molar-refractivity contribution >= 4 is 17.5 Å². The van der Waals surface area contributed by atoms with Gasteiger partial charge >= 0.3 is 0 Å². The smallest absolute Gasteiger partial charge is 0.274 e. The molecule has 0 N–H and O–H groups in total. The number of carbonyl (C=O) groups excluding carboxylic acids is 1. The van der Waals surface area contributed by atoms with E-state index in [0.29, 0.717) is 24.8 Å². The Bertz CT molecular complexity index is 773. The number of pyridine rings is 1. The second-order valence-corrected chi connectivity index (χ2v) is 7.48. The van der Waals surface area contributed by atoms with Crippen molar-refractivity contribution in [3.05, 3.63) is 42.5 Å². The Morgan fingerprint density at radius 3 is 2.54 bits per heavy atom. The molecule has 7 heteroatoms. The van der Waals surface area contributed by atoms with Gasteiger partial charge in [0, 0.05) is 45.0 Å². The number of hydrogen-bond donors (Lipinski definition) is 0. The van der Waals surface area contributed by atoms with Crippen LogP contribution in [-0.4, -0.2) is 64.5 Å². The van der Waals surface area contributed by atoms with E-state index in [-0.39, 0.29) is 5.91 Å². The van der Waals surface area contributed by atoms with Crippen molar-refractivity contribution in [2.75, 3.05) is 42.5 Å². The summed E-state index contributed by atoms with van der Waals surface area (Å²) in [5.41, 5.74) is 0.431. The van der Waals surface area contributed by atoms with Crippen LogP contribution in [0.4, 0.5) is 11.6 Å². The molecule has 7 nitrogen and oxygen atoms in total. The van der Waals surface area contributed by atoms with Gasteiger partial charge in [-0.05, 0) is 37.8 Å². The Balaban J connectivity index is 1.37. The summed E-state index contributed by atoms with van der Waals surface area (Å²) in [6, 6.07) is 6.44. The SMILES string of the molecule is CCC1CCCCN1c1cnc(C(=O)N2CCN(c3ccccn3)CC2)cn1. The molecule has 2 aliphatic rings. The van der Waals surface area contributed by atoms with Gasteiger partial charge in [-0.25, -0.2) is 15.0 Å². The van der Waals surface area contributed by atoms with Crippen LogP contribution in [0.3, 0.4) is 0 Å². The van der Waals surface area contributed by atoms with Gasteiger partial charge in [-0.15, -0.1) is 0 Å². The average molecular weight is 380 g/mol. The first-order valence-electron chi connectivity index (χ1n) is 10.3. The molecule has 148 valence electrons. The van der Waals surface area contributed by atoms with Gasteiger partial charge in [0.25, 0.3) is 5.91 Å². The highest BCUT2D eigenvalue weighted by Crippen LogP contribution is 2.24. The fraction of sp³-hybridized carbons (Fsp3) is 0.524. The second kappa shape index (κ2) is 8.54. The Morgan fingerprint density at radius 2 is 1.86 bits per heavy atom. The van der Waals surface area contributed by atoms with Crippen molar-refractivity contribution in [1.29, 1.82) is 0 Å². The van der Waals surface area contributed by atoms with Crippen LogP contribution in [-0.2, 0) is 0 Å². The van der Waals surface area contributed by atoms with E-state index in [0.717, 1.165) is 37.7 Å². The number of carbonyl (C=O) groups is 1. The van der Waals surface area contributed by atoms with Crippen LogP contribution in [0.5, 0.6) is 0 Å². The molecule has 0 bridgehead atoms. The molecule has 1 amide bonds. The molecule has 2 fully saturated rings. The van der Waals surface area contributed by atoms with Gasteiger partial charge in [0.05, 0.1) is 12.4 Å². The van der Waals surface area contributed by atoms with E-state index in [1.54, 1.807) is 18.6 Å². The molecule has 0 aliphatic carbocycles. The predicted molar refractivity (Wildman–Crippen MR) is 110 cm³/mol. The third kappa shape index (κ3) is 3.93. The maximum atomic E-state index is 12.8. The second-order valence-electron chi connectivity index (χ2n) is 7.48. The fourth-order valence-electron chi connectivity index (χ4n) is 4.15. The van der Waals surface area contributed by atoms with E-state index in [9.17, 15) is 4.79 Å². The molecular formula is C21H28N6O. The monoisotopic (exact) mass is 380 g/mol. The van der Waals surface area contributed by atoms with Crippen LogP contribution in [0, 0.1) is 0 Å². The van der Waals surface area contributed by atoms with Crippen LogP contribution in [0.1, 0.15) is 43.1 Å². The molecule has 0 saturated carbocycles. The molecule has 2 saturated heterocycles. The van der Waals surface area contributed by atoms with Crippen molar-refractivity contribution in [3.8, 4) is 0 Å². The predicted octanol–water partition coefficient (Wildman–Crippen LogP) is 2.60. The Morgan fingerprint density at radius 1 is 1.00 bits per heavy atom. The molecule has 2 aromatic rings. The molecule has 0 radical (unpaired) electrons. The molecular weight excluding hydrogens is 352 g/mol. The highest BCUT2D eigenvalue weighted by molar-refractivity contribution is 5.92. The third-order valence-electron chi connectivity index (χ3n) is 5.79. The van der Waals surface area contributed by atoms with Gasteiger partial charge in [0.2, 0.25) is 0 Å². The van der Waals surface area contributed by atoms with Crippen molar-refractivity contribution in [3.63, 3.8) is 0 Å². The van der Waals surface area contributed by atoms with Crippen molar-refractivity contribution in [1.82, 2.24) is 19.9 Å². The van der Waals surface area contributed by atoms with Gasteiger partial charge in [0.15, 0.2) is 0 Å². The van der Waals surface area contributed by atoms with Crippen LogP contribution in [0.25, 0.3) is 0 Å². The quantitative estimate of drug-likeness (QED) is 0.812. The lowest BCUT2D eigenvalue weighted by Gasteiger charge is -2.36. The maximum Gasteiger partial charge on any atom is 0.274 e. The number of anilines is 2. The van der Waals surface area contributed by atoms with E-state index in [2.05, 4.69) is 31.7 Å². The zero-order valence-electron chi connectivity index (χ0n) is 16.5. The standard InChI is InChI=1S/C21H28N6O/c1-2-17-7-4-6-10-27(17)20-16-23-18(15-24-20)21(28)26-13-11-25(12-14-26)19-8-3-5-9-22-19/h3,5,8-9,15-17H,2,4,6-7,10-14H2,1H3. The largest absolute Gasteiger partial charge is 0.353 e. The summed E-state index contributed by atoms with van der Waals surface area (Å²) in [5, 5.41) is 0. The molecule has 1 unspecified atom stereocenters. The summed E-state index contributed by atoms with van der Waals surface area (Å²) >= 11 is 0. The normalized spacial score (nSPS) is 20.3. The minimum Gasteiger partial charge on any atom is -0.353 e. The molecule has 28 heavy (non-hydrogen) atoms. The van der Waals surface area contributed by atoms with Crippen molar-refractivity contribution in [2.45, 2.75) is 38.6 Å². The zero-order chi connectivity index (χ0) is 19.3. The average Bonchev–Trinajstić information content (AvgIpc) is 2.79. The highest BCUT2D eigenvalue weighted by atomic mass is 16.2. The molecule has 2 aliphatic heterocycles. The zero-order valence-corrected chi connectivity index (χ0v) is 16.5. The summed E-state index contributed by atoms with van der Waals surface area (Å²) < 4.78 is 0. The first-order valence-corrected chi connectivity index (χ1v) is 10.3. The van der Waals surface area contributed by atoms with E-state index in [4.69, 9.17) is 0 Å². The summed E-state index contributed by atoms with van der Waals surface area (Å²) in [5.74, 6) is 1.82. The van der Waals surface area contributed by atoms with E-state index < -0.39 is 0 Å². The minimum absolute atomic E-state index is 0.0367. The molecule has 4 heterocycles. The van der Waals surface area contributed by atoms with Gasteiger partial charge < -0.3 is 14.7 Å². The maximum absolute atomic E-state index is 12.8. The lowest BCUT2D eigenvalue weighted by Crippen LogP contribution is -2.49. The fourth-order valence-corrected chi connectivity index (χ4v) is 4.15. The number of piperidine rings is 1. The molecule has 2 aromatic heterocycles. The number of nitrogens with zero attached hydrogens (tertiary/aromatic N) is 6. The Kier molecular flexibility index (Phi) is 5.69. The summed E-state index contributed by atoms with van der Waals surface area (Å²) in [6.45, 7) is 6.14. The molecule has 1 atom stereocenters. The van der Waals surface area contributed by atoms with E-state index in [1.165, 1.54) is 19.3 Å². The Hall–Kier alpha value is -2.70. The van der Waals surface area contributed by atoms with Gasteiger partial charge in [-0.1, -0.05) is 13.0 Å². The summed E-state index contributed by atoms with van der Waals surface area (Å²) in [7, 11) is 0. The first-order chi connectivity index (χ1) is 13.8. The number of rotatable bonds is 4. The van der Waals surface area contributed by atoms with Crippen LogP contribution >= 0.6 is 0 Å². The number of piperazine rings is 1. The number of amides is 1. The number of aromatic nitrogens is 3. The van der Waals surface area contributed by atoms with Gasteiger partial charge in [-0.2, -0.15) is 0 Å². The lowest BCUT2D eigenvalue weighted by atomic mass is 10.0. The Labute approximate surface area is 166 Å². The minimum atomic E-state index is -0.0367. The molecule has 4 rings (SSSR count). The van der Waals surface area contributed by atoms with Crippen LogP contribution < -0.4 is 9.80 Å². The topological polar surface area (TPSA) is 65.5 Å². The van der Waals surface area contributed by atoms with Gasteiger partial charge in [0.1, 0.15) is 17.3 Å². The van der Waals surface area contributed by atoms with Crippen LogP contribution in [0.15, 0.2) is 36.8 Å². The third-order valence-corrected chi connectivity index (χ3v) is 5.79. The van der Waals surface area contributed by atoms with Crippen molar-refractivity contribution < 1.29 is 4.79 Å². The van der Waals surface area contributed by atoms with Crippen LogP contribution in [0.2, 0.25) is 0 Å². The summed E-state index contributed by atoms with van der Waals surface area (Å²) in [4.78, 5) is 32.7. The van der Waals surface area contributed by atoms with E-state index in [1.807, 2.05) is 23.1 Å². The van der Waals surface area contributed by atoms with Crippen molar-refractivity contribution in [2.24, 2.45) is 0 Å². The highest BCUT2D eigenvalue weighted by Gasteiger charge is 2.25. The number of hydrogen-bond acceptors (Lipinski definition) is 6. The lowest BCUT2D eigenvalue weighted by molar-refractivity contribution is 0.0740.